The second-order valence-corrected chi connectivity index (χ2v) is 6.09. The Morgan fingerprint density at radius 1 is 1.47 bits per heavy atom. The van der Waals surface area contributed by atoms with E-state index in [2.05, 4.69) is 40.3 Å². The highest BCUT2D eigenvalue weighted by Gasteiger charge is 2.31. The molecular formula is C15H22BrNO2. The maximum absolute atomic E-state index is 9.15. The van der Waals surface area contributed by atoms with Crippen LogP contribution < -0.4 is 10.1 Å². The van der Waals surface area contributed by atoms with Gasteiger partial charge in [0.2, 0.25) is 0 Å². The number of nitrogens with one attached hydrogen (secondary N) is 1. The van der Waals surface area contributed by atoms with Crippen LogP contribution in [0.3, 0.4) is 0 Å². The first-order valence-electron chi connectivity index (χ1n) is 6.86. The lowest BCUT2D eigenvalue weighted by atomic mass is 10.0. The van der Waals surface area contributed by atoms with Crippen LogP contribution in [0.4, 0.5) is 0 Å². The van der Waals surface area contributed by atoms with Crippen molar-refractivity contribution in [2.45, 2.75) is 38.3 Å². The highest BCUT2D eigenvalue weighted by molar-refractivity contribution is 9.10. The minimum Gasteiger partial charge on any atom is -0.496 e. The fourth-order valence-corrected chi connectivity index (χ4v) is 3.02. The van der Waals surface area contributed by atoms with Crippen LogP contribution in [-0.4, -0.2) is 24.9 Å². The molecule has 2 rings (SSSR count). The summed E-state index contributed by atoms with van der Waals surface area (Å²) in [5.41, 5.74) is 1.23. The summed E-state index contributed by atoms with van der Waals surface area (Å²) >= 11 is 3.52. The van der Waals surface area contributed by atoms with Crippen LogP contribution >= 0.6 is 15.9 Å². The number of rotatable bonds is 7. The fourth-order valence-electron chi connectivity index (χ4n) is 2.46. The van der Waals surface area contributed by atoms with Gasteiger partial charge in [-0.2, -0.15) is 0 Å². The Bertz CT molecular complexity index is 421. The zero-order valence-corrected chi connectivity index (χ0v) is 13.1. The number of methoxy groups -OCH3 is 1. The SMILES string of the molecule is COc1ccc(C(C)NC(CCO)C2CC2)cc1Br. The van der Waals surface area contributed by atoms with Gasteiger partial charge in [0.25, 0.3) is 0 Å². The number of ether oxygens (including phenoxy) is 1. The molecular weight excluding hydrogens is 306 g/mol. The molecule has 1 fully saturated rings. The zero-order chi connectivity index (χ0) is 13.8. The van der Waals surface area contributed by atoms with Crippen molar-refractivity contribution in [3.63, 3.8) is 0 Å². The van der Waals surface area contributed by atoms with Gasteiger partial charge in [-0.15, -0.1) is 0 Å². The van der Waals surface area contributed by atoms with Crippen LogP contribution in [0.15, 0.2) is 22.7 Å². The second kappa shape index (κ2) is 6.73. The number of benzene rings is 1. The van der Waals surface area contributed by atoms with Gasteiger partial charge in [0.1, 0.15) is 5.75 Å². The summed E-state index contributed by atoms with van der Waals surface area (Å²) < 4.78 is 6.23. The van der Waals surface area contributed by atoms with E-state index in [9.17, 15) is 0 Å². The maximum Gasteiger partial charge on any atom is 0.133 e. The summed E-state index contributed by atoms with van der Waals surface area (Å²) in [6.07, 6.45) is 3.42. The molecule has 0 amide bonds. The summed E-state index contributed by atoms with van der Waals surface area (Å²) in [7, 11) is 1.67. The lowest BCUT2D eigenvalue weighted by Crippen LogP contribution is -2.34. The predicted molar refractivity (Wildman–Crippen MR) is 80.5 cm³/mol. The van der Waals surface area contributed by atoms with Crippen LogP contribution in [0.2, 0.25) is 0 Å². The van der Waals surface area contributed by atoms with E-state index in [0.29, 0.717) is 6.04 Å². The summed E-state index contributed by atoms with van der Waals surface area (Å²) in [6.45, 7) is 2.42. The molecule has 2 atom stereocenters. The van der Waals surface area contributed by atoms with Crippen LogP contribution in [0.25, 0.3) is 0 Å². The molecule has 0 aliphatic heterocycles. The van der Waals surface area contributed by atoms with Gasteiger partial charge in [-0.1, -0.05) is 6.07 Å². The van der Waals surface area contributed by atoms with E-state index >= 15 is 0 Å². The average molecular weight is 328 g/mol. The Labute approximate surface area is 123 Å². The minimum absolute atomic E-state index is 0.257. The third-order valence-electron chi connectivity index (χ3n) is 3.77. The van der Waals surface area contributed by atoms with E-state index in [-0.39, 0.29) is 12.6 Å². The van der Waals surface area contributed by atoms with E-state index < -0.39 is 0 Å². The molecule has 106 valence electrons. The van der Waals surface area contributed by atoms with E-state index in [1.54, 1.807) is 7.11 Å². The Morgan fingerprint density at radius 2 is 2.21 bits per heavy atom. The van der Waals surface area contributed by atoms with Crippen molar-refractivity contribution in [1.29, 1.82) is 0 Å². The summed E-state index contributed by atoms with van der Waals surface area (Å²) in [5, 5.41) is 12.8. The molecule has 2 unspecified atom stereocenters. The smallest absolute Gasteiger partial charge is 0.133 e. The number of halogens is 1. The lowest BCUT2D eigenvalue weighted by Gasteiger charge is -2.23. The molecule has 1 aromatic rings. The first-order valence-corrected chi connectivity index (χ1v) is 7.65. The topological polar surface area (TPSA) is 41.5 Å². The molecule has 19 heavy (non-hydrogen) atoms. The monoisotopic (exact) mass is 327 g/mol. The van der Waals surface area contributed by atoms with Gasteiger partial charge in [0, 0.05) is 18.7 Å². The molecule has 0 bridgehead atoms. The van der Waals surface area contributed by atoms with Crippen molar-refractivity contribution in [1.82, 2.24) is 5.32 Å². The molecule has 3 nitrogen and oxygen atoms in total. The van der Waals surface area contributed by atoms with E-state index in [1.807, 2.05) is 6.07 Å². The molecule has 0 radical (unpaired) electrons. The molecule has 1 saturated carbocycles. The van der Waals surface area contributed by atoms with E-state index in [1.165, 1.54) is 18.4 Å². The van der Waals surface area contributed by atoms with Gasteiger partial charge in [0.15, 0.2) is 0 Å². The van der Waals surface area contributed by atoms with Gasteiger partial charge in [-0.3, -0.25) is 0 Å². The highest BCUT2D eigenvalue weighted by atomic mass is 79.9. The summed E-state index contributed by atoms with van der Waals surface area (Å²) in [6, 6.07) is 6.87. The van der Waals surface area contributed by atoms with Crippen molar-refractivity contribution < 1.29 is 9.84 Å². The van der Waals surface area contributed by atoms with Crippen LogP contribution in [0.5, 0.6) is 5.75 Å². The molecule has 1 aliphatic rings. The zero-order valence-electron chi connectivity index (χ0n) is 11.5. The number of hydrogen-bond acceptors (Lipinski definition) is 3. The molecule has 0 saturated heterocycles. The standard InChI is InChI=1S/C15H22BrNO2/c1-10(17-14(7-8-18)11-3-4-11)12-5-6-15(19-2)13(16)9-12/h5-6,9-11,14,17-18H,3-4,7-8H2,1-2H3. The predicted octanol–water partition coefficient (Wildman–Crippen LogP) is 3.27. The van der Waals surface area contributed by atoms with E-state index in [0.717, 1.165) is 22.6 Å². The quantitative estimate of drug-likeness (QED) is 0.807. The number of aliphatic hydroxyl groups is 1. The molecule has 4 heteroatoms. The van der Waals surface area contributed by atoms with Crippen molar-refractivity contribution in [3.8, 4) is 5.75 Å². The van der Waals surface area contributed by atoms with Crippen LogP contribution in [0.1, 0.15) is 37.8 Å². The van der Waals surface area contributed by atoms with Crippen LogP contribution in [0, 0.1) is 5.92 Å². The molecule has 0 heterocycles. The van der Waals surface area contributed by atoms with Crippen molar-refractivity contribution in [2.24, 2.45) is 5.92 Å². The Morgan fingerprint density at radius 3 is 2.74 bits per heavy atom. The first kappa shape index (κ1) is 14.8. The fraction of sp³-hybridized carbons (Fsp3) is 0.600. The molecule has 0 spiro atoms. The Kier molecular flexibility index (Phi) is 5.25. The largest absolute Gasteiger partial charge is 0.496 e. The van der Waals surface area contributed by atoms with Gasteiger partial charge in [-0.05, 0) is 65.7 Å². The van der Waals surface area contributed by atoms with Crippen molar-refractivity contribution >= 4 is 15.9 Å². The normalized spacial score (nSPS) is 18.1. The number of hydrogen-bond donors (Lipinski definition) is 2. The van der Waals surface area contributed by atoms with Crippen molar-refractivity contribution in [3.05, 3.63) is 28.2 Å². The third kappa shape index (κ3) is 3.94. The maximum atomic E-state index is 9.15. The molecule has 1 aromatic carbocycles. The third-order valence-corrected chi connectivity index (χ3v) is 4.39. The van der Waals surface area contributed by atoms with E-state index in [4.69, 9.17) is 9.84 Å². The Balaban J connectivity index is 2.01. The Hall–Kier alpha value is -0.580. The van der Waals surface area contributed by atoms with Gasteiger partial charge < -0.3 is 15.2 Å². The minimum atomic E-state index is 0.257. The molecule has 0 aromatic heterocycles. The second-order valence-electron chi connectivity index (χ2n) is 5.24. The van der Waals surface area contributed by atoms with Gasteiger partial charge in [-0.25, -0.2) is 0 Å². The highest BCUT2D eigenvalue weighted by Crippen LogP contribution is 2.35. The average Bonchev–Trinajstić information content (AvgIpc) is 3.22. The van der Waals surface area contributed by atoms with Crippen molar-refractivity contribution in [2.75, 3.05) is 13.7 Å². The molecule has 1 aliphatic carbocycles. The molecule has 2 N–H and O–H groups in total. The first-order chi connectivity index (χ1) is 9.15. The summed E-state index contributed by atoms with van der Waals surface area (Å²) in [4.78, 5) is 0. The lowest BCUT2D eigenvalue weighted by molar-refractivity contribution is 0.250. The summed E-state index contributed by atoms with van der Waals surface area (Å²) in [5.74, 6) is 1.60. The van der Waals surface area contributed by atoms with Gasteiger partial charge >= 0.3 is 0 Å². The van der Waals surface area contributed by atoms with Crippen LogP contribution in [-0.2, 0) is 0 Å². The number of aliphatic hydroxyl groups excluding tert-OH is 1. The van der Waals surface area contributed by atoms with Gasteiger partial charge in [0.05, 0.1) is 11.6 Å².